The maximum absolute atomic E-state index is 14.0. The van der Waals surface area contributed by atoms with Gasteiger partial charge in [-0.15, -0.1) is 5.10 Å². The number of ether oxygens (including phenoxy) is 1. The van der Waals surface area contributed by atoms with Crippen LogP contribution in [0.1, 0.15) is 45.6 Å². The summed E-state index contributed by atoms with van der Waals surface area (Å²) in [5.74, 6) is -0.604. The van der Waals surface area contributed by atoms with Gasteiger partial charge in [-0.1, -0.05) is 47.7 Å². The molecule has 2 aromatic heterocycles. The van der Waals surface area contributed by atoms with Gasteiger partial charge in [0.1, 0.15) is 23.7 Å². The van der Waals surface area contributed by atoms with Gasteiger partial charge < -0.3 is 9.84 Å². The first-order chi connectivity index (χ1) is 18.5. The van der Waals surface area contributed by atoms with Crippen LogP contribution in [0.3, 0.4) is 0 Å². The zero-order valence-corrected chi connectivity index (χ0v) is 20.5. The van der Waals surface area contributed by atoms with E-state index in [-0.39, 0.29) is 29.8 Å². The Bertz CT molecular complexity index is 1640. The second kappa shape index (κ2) is 9.59. The number of carbonyl (C=O) groups is 1. The lowest BCUT2D eigenvalue weighted by Crippen LogP contribution is -2.06. The number of halogens is 1. The van der Waals surface area contributed by atoms with E-state index in [0.29, 0.717) is 17.0 Å². The molecule has 1 fully saturated rings. The van der Waals surface area contributed by atoms with Gasteiger partial charge in [0.15, 0.2) is 0 Å². The van der Waals surface area contributed by atoms with Crippen molar-refractivity contribution in [2.75, 3.05) is 0 Å². The summed E-state index contributed by atoms with van der Waals surface area (Å²) in [6.45, 7) is 0.124. The maximum atomic E-state index is 14.0. The van der Waals surface area contributed by atoms with Crippen molar-refractivity contribution in [1.29, 1.82) is 0 Å². The number of carboxylic acid groups (broad SMARTS) is 1. The molecule has 9 heteroatoms. The molecular weight excluding hydrogens is 485 g/mol. The van der Waals surface area contributed by atoms with E-state index in [9.17, 15) is 14.3 Å². The van der Waals surface area contributed by atoms with Crippen LogP contribution < -0.4 is 4.74 Å². The zero-order valence-electron chi connectivity index (χ0n) is 20.5. The Labute approximate surface area is 217 Å². The number of hydrogen-bond acceptors (Lipinski definition) is 5. The lowest BCUT2D eigenvalue weighted by molar-refractivity contribution is 0.0695. The summed E-state index contributed by atoms with van der Waals surface area (Å²) < 4.78 is 23.2. The van der Waals surface area contributed by atoms with Gasteiger partial charge in [0.05, 0.1) is 23.3 Å². The molecule has 2 atom stereocenters. The summed E-state index contributed by atoms with van der Waals surface area (Å²) in [6.07, 6.45) is 4.06. The number of rotatable bonds is 8. The first-order valence-electron chi connectivity index (χ1n) is 12.2. The van der Waals surface area contributed by atoms with E-state index in [0.717, 1.165) is 28.9 Å². The average Bonchev–Trinajstić information content (AvgIpc) is 3.37. The number of aromatic nitrogens is 5. The fourth-order valence-electron chi connectivity index (χ4n) is 4.80. The molecule has 0 spiro atoms. The van der Waals surface area contributed by atoms with Gasteiger partial charge in [0, 0.05) is 30.6 Å². The quantitative estimate of drug-likeness (QED) is 0.303. The van der Waals surface area contributed by atoms with Crippen LogP contribution in [-0.4, -0.2) is 35.9 Å². The van der Waals surface area contributed by atoms with E-state index < -0.39 is 5.97 Å². The minimum Gasteiger partial charge on any atom is -0.489 e. The first kappa shape index (κ1) is 23.6. The van der Waals surface area contributed by atoms with Gasteiger partial charge in [0.2, 0.25) is 0 Å². The minimum atomic E-state index is -1.01. The minimum absolute atomic E-state index is 0.0148. The number of carboxylic acids is 1. The average molecular weight is 510 g/mol. The maximum Gasteiger partial charge on any atom is 0.339 e. The van der Waals surface area contributed by atoms with Gasteiger partial charge in [-0.2, -0.15) is 5.10 Å². The van der Waals surface area contributed by atoms with Crippen LogP contribution in [0.5, 0.6) is 5.75 Å². The molecule has 1 saturated carbocycles. The molecule has 1 aliphatic rings. The van der Waals surface area contributed by atoms with E-state index in [4.69, 9.17) is 4.74 Å². The molecule has 2 heterocycles. The monoisotopic (exact) mass is 509 g/mol. The lowest BCUT2D eigenvalue weighted by Gasteiger charge is -2.12. The summed E-state index contributed by atoms with van der Waals surface area (Å²) in [5, 5.41) is 22.6. The number of benzene rings is 3. The standard InChI is InChI=1S/C29H24FN5O3/c1-34-16-27(32-33-34)23-14-24(23)28-25(29(36)37)15-31-35(28)21-9-4-7-18(12-21)19-8-5-10-22(13-19)38-17-20-6-2-3-11-26(20)30/h2-13,15-16,23-24H,14,17H2,1H3,(H,36,37). The topological polar surface area (TPSA) is 95.1 Å². The second-order valence-electron chi connectivity index (χ2n) is 9.38. The smallest absolute Gasteiger partial charge is 0.339 e. The van der Waals surface area contributed by atoms with Crippen LogP contribution in [0.4, 0.5) is 4.39 Å². The summed E-state index contributed by atoms with van der Waals surface area (Å²) in [4.78, 5) is 12.0. The van der Waals surface area contributed by atoms with E-state index in [1.807, 2.05) is 61.8 Å². The Morgan fingerprint density at radius 2 is 1.84 bits per heavy atom. The van der Waals surface area contributed by atoms with E-state index in [1.165, 1.54) is 12.3 Å². The van der Waals surface area contributed by atoms with Crippen LogP contribution in [0.2, 0.25) is 0 Å². The van der Waals surface area contributed by atoms with Gasteiger partial charge in [0.25, 0.3) is 0 Å². The van der Waals surface area contributed by atoms with E-state index in [1.54, 1.807) is 27.6 Å². The van der Waals surface area contributed by atoms with Crippen molar-refractivity contribution in [3.8, 4) is 22.6 Å². The number of hydrogen-bond donors (Lipinski definition) is 1. The number of aromatic carboxylic acids is 1. The fourth-order valence-corrected chi connectivity index (χ4v) is 4.80. The molecule has 2 unspecified atom stereocenters. The summed E-state index contributed by atoms with van der Waals surface area (Å²) >= 11 is 0. The summed E-state index contributed by atoms with van der Waals surface area (Å²) in [6, 6.07) is 21.9. The SMILES string of the molecule is Cn1cc(C2CC2c2c(C(=O)O)cnn2-c2cccc(-c3cccc(OCc4ccccc4F)c3)c2)nn1. The molecular formula is C29H24FN5O3. The van der Waals surface area contributed by atoms with Crippen LogP contribution in [-0.2, 0) is 13.7 Å². The summed E-state index contributed by atoms with van der Waals surface area (Å²) in [7, 11) is 1.81. The highest BCUT2D eigenvalue weighted by Gasteiger charge is 2.46. The highest BCUT2D eigenvalue weighted by Crippen LogP contribution is 2.55. The molecule has 0 bridgehead atoms. The van der Waals surface area contributed by atoms with E-state index >= 15 is 0 Å². The Morgan fingerprint density at radius 3 is 2.61 bits per heavy atom. The van der Waals surface area contributed by atoms with Gasteiger partial charge in [-0.3, -0.25) is 4.68 Å². The molecule has 3 aromatic carbocycles. The lowest BCUT2D eigenvalue weighted by atomic mass is 10.0. The zero-order chi connectivity index (χ0) is 26.2. The van der Waals surface area contributed by atoms with Crippen LogP contribution in [0.25, 0.3) is 16.8 Å². The van der Waals surface area contributed by atoms with Crippen molar-refractivity contribution in [2.45, 2.75) is 24.9 Å². The van der Waals surface area contributed by atoms with Crippen LogP contribution >= 0.6 is 0 Å². The van der Waals surface area contributed by atoms with Crippen molar-refractivity contribution in [2.24, 2.45) is 7.05 Å². The van der Waals surface area contributed by atoms with Crippen molar-refractivity contribution in [1.82, 2.24) is 24.8 Å². The highest BCUT2D eigenvalue weighted by atomic mass is 19.1. The van der Waals surface area contributed by atoms with Gasteiger partial charge >= 0.3 is 5.97 Å². The van der Waals surface area contributed by atoms with Crippen LogP contribution in [0, 0.1) is 5.82 Å². The third-order valence-corrected chi connectivity index (χ3v) is 6.79. The predicted octanol–water partition coefficient (Wildman–Crippen LogP) is 5.36. The molecule has 6 rings (SSSR count). The fraction of sp³-hybridized carbons (Fsp3) is 0.172. The molecule has 5 aromatic rings. The molecule has 1 N–H and O–H groups in total. The third-order valence-electron chi connectivity index (χ3n) is 6.79. The van der Waals surface area contributed by atoms with Crippen molar-refractivity contribution < 1.29 is 19.0 Å². The molecule has 0 amide bonds. The highest BCUT2D eigenvalue weighted by molar-refractivity contribution is 5.89. The van der Waals surface area contributed by atoms with Gasteiger partial charge in [-0.05, 0) is 47.9 Å². The number of nitrogens with zero attached hydrogens (tertiary/aromatic N) is 5. The third kappa shape index (κ3) is 4.54. The molecule has 190 valence electrons. The normalized spacial score (nSPS) is 16.4. The second-order valence-corrected chi connectivity index (χ2v) is 9.38. The predicted molar refractivity (Wildman–Crippen MR) is 138 cm³/mol. The Balaban J connectivity index is 1.29. The Morgan fingerprint density at radius 1 is 1.05 bits per heavy atom. The van der Waals surface area contributed by atoms with Crippen molar-refractivity contribution in [3.63, 3.8) is 0 Å². The molecule has 1 aliphatic carbocycles. The Kier molecular flexibility index (Phi) is 5.95. The molecule has 38 heavy (non-hydrogen) atoms. The molecule has 8 nitrogen and oxygen atoms in total. The van der Waals surface area contributed by atoms with E-state index in [2.05, 4.69) is 15.4 Å². The molecule has 0 radical (unpaired) electrons. The van der Waals surface area contributed by atoms with Crippen molar-refractivity contribution in [3.05, 3.63) is 114 Å². The molecule has 0 aliphatic heterocycles. The van der Waals surface area contributed by atoms with Crippen molar-refractivity contribution >= 4 is 5.97 Å². The van der Waals surface area contributed by atoms with Crippen LogP contribution in [0.15, 0.2) is 85.2 Å². The molecule has 0 saturated heterocycles. The largest absolute Gasteiger partial charge is 0.489 e. The summed E-state index contributed by atoms with van der Waals surface area (Å²) in [5.41, 5.74) is 4.77. The van der Waals surface area contributed by atoms with Gasteiger partial charge in [-0.25, -0.2) is 13.9 Å². The first-order valence-corrected chi connectivity index (χ1v) is 12.2. The number of aryl methyl sites for hydroxylation is 1. The Hall–Kier alpha value is -4.79.